The fourth-order valence-corrected chi connectivity index (χ4v) is 3.96. The molecule has 3 N–H and O–H groups in total. The predicted octanol–water partition coefficient (Wildman–Crippen LogP) is 1.12. The summed E-state index contributed by atoms with van der Waals surface area (Å²) in [6.07, 6.45) is 0. The molecule has 1 fully saturated rings. The molecule has 2 aromatic carbocycles. The van der Waals surface area contributed by atoms with E-state index in [1.807, 2.05) is 18.2 Å². The van der Waals surface area contributed by atoms with E-state index in [0.717, 1.165) is 38.4 Å². The molecule has 0 aliphatic carbocycles. The molecule has 1 atom stereocenters. The average molecular weight is 368 g/mol. The van der Waals surface area contributed by atoms with Crippen LogP contribution in [0, 0.1) is 0 Å². The van der Waals surface area contributed by atoms with Crippen molar-refractivity contribution in [3.63, 3.8) is 0 Å². The third kappa shape index (κ3) is 5.18. The Morgan fingerprint density at radius 1 is 0.926 bits per heavy atom. The number of carbonyl (C=O) groups is 1. The van der Waals surface area contributed by atoms with E-state index in [1.54, 1.807) is 4.90 Å². The van der Waals surface area contributed by atoms with Gasteiger partial charge < -0.3 is 15.1 Å². The lowest BCUT2D eigenvalue weighted by Crippen LogP contribution is -3.29. The molecule has 0 bridgehead atoms. The Hall–Kier alpha value is -2.17. The number of hydrogen-bond donors (Lipinski definition) is 3. The van der Waals surface area contributed by atoms with Crippen LogP contribution in [0.15, 0.2) is 54.6 Å². The Balaban J connectivity index is 1.53. The maximum absolute atomic E-state index is 12.8. The van der Waals surface area contributed by atoms with E-state index in [-0.39, 0.29) is 11.9 Å². The number of rotatable bonds is 6. The van der Waals surface area contributed by atoms with E-state index in [0.29, 0.717) is 5.92 Å². The zero-order valence-corrected chi connectivity index (χ0v) is 16.8. The minimum atomic E-state index is -0.0245. The molecule has 4 heteroatoms. The van der Waals surface area contributed by atoms with E-state index in [9.17, 15) is 4.79 Å². The van der Waals surface area contributed by atoms with E-state index >= 15 is 0 Å². The van der Waals surface area contributed by atoms with Crippen molar-refractivity contribution in [1.29, 1.82) is 0 Å². The summed E-state index contributed by atoms with van der Waals surface area (Å²) in [6, 6.07) is 18.8. The van der Waals surface area contributed by atoms with Crippen LogP contribution in [-0.2, 0) is 11.3 Å². The highest BCUT2D eigenvalue weighted by Gasteiger charge is 2.31. The molecule has 0 aromatic heterocycles. The lowest BCUT2D eigenvalue weighted by molar-refractivity contribution is -1.02. The molecule has 1 saturated heterocycles. The Bertz CT molecular complexity index is 736. The Labute approximate surface area is 163 Å². The van der Waals surface area contributed by atoms with Crippen molar-refractivity contribution in [1.82, 2.24) is 0 Å². The highest BCUT2D eigenvalue weighted by molar-refractivity contribution is 5.94. The van der Waals surface area contributed by atoms with Crippen LogP contribution in [0.25, 0.3) is 0 Å². The summed E-state index contributed by atoms with van der Waals surface area (Å²) >= 11 is 0. The lowest BCUT2D eigenvalue weighted by atomic mass is 10.0. The molecule has 0 saturated carbocycles. The summed E-state index contributed by atoms with van der Waals surface area (Å²) in [6.45, 7) is 11.8. The number of benzene rings is 2. The summed E-state index contributed by atoms with van der Waals surface area (Å²) in [5.41, 5.74) is 3.55. The average Bonchev–Trinajstić information content (AvgIpc) is 2.69. The molecule has 3 rings (SSSR count). The van der Waals surface area contributed by atoms with Gasteiger partial charge in [0.25, 0.3) is 5.91 Å². The van der Waals surface area contributed by atoms with Crippen LogP contribution in [0.1, 0.15) is 37.8 Å². The highest BCUT2D eigenvalue weighted by atomic mass is 16.2. The van der Waals surface area contributed by atoms with Gasteiger partial charge in [0.15, 0.2) is 6.04 Å². The normalized spacial score (nSPS) is 21.0. The highest BCUT2D eigenvalue weighted by Crippen LogP contribution is 2.23. The minimum Gasteiger partial charge on any atom is -0.322 e. The lowest BCUT2D eigenvalue weighted by Gasteiger charge is -2.32. The van der Waals surface area contributed by atoms with Crippen LogP contribution < -0.4 is 15.1 Å². The maximum atomic E-state index is 12.8. The second kappa shape index (κ2) is 9.16. The molecule has 27 heavy (non-hydrogen) atoms. The molecule has 4 nitrogen and oxygen atoms in total. The van der Waals surface area contributed by atoms with Crippen molar-refractivity contribution < 1.29 is 14.6 Å². The minimum absolute atomic E-state index is 0.0245. The molecule has 0 spiro atoms. The van der Waals surface area contributed by atoms with E-state index < -0.39 is 0 Å². The zero-order valence-electron chi connectivity index (χ0n) is 16.8. The molecule has 2 aromatic rings. The first-order chi connectivity index (χ1) is 13.0. The molecular formula is C23H33N3O+2. The largest absolute Gasteiger partial charge is 0.322 e. The van der Waals surface area contributed by atoms with Crippen molar-refractivity contribution >= 4 is 11.6 Å². The Morgan fingerprint density at radius 3 is 2.22 bits per heavy atom. The van der Waals surface area contributed by atoms with Gasteiger partial charge in [0.1, 0.15) is 32.7 Å². The summed E-state index contributed by atoms with van der Waals surface area (Å²) in [7, 11) is 0. The maximum Gasteiger partial charge on any atom is 0.282 e. The number of quaternary nitrogens is 2. The van der Waals surface area contributed by atoms with Gasteiger partial charge in [0.05, 0.1) is 0 Å². The zero-order chi connectivity index (χ0) is 19.2. The smallest absolute Gasteiger partial charge is 0.282 e. The molecule has 0 unspecified atom stereocenters. The fourth-order valence-electron chi connectivity index (χ4n) is 3.96. The summed E-state index contributed by atoms with van der Waals surface area (Å²) in [5.74, 6) is 0.527. The molecule has 1 aliphatic rings. The Kier molecular flexibility index (Phi) is 6.64. The van der Waals surface area contributed by atoms with Crippen LogP contribution in [0.5, 0.6) is 0 Å². The van der Waals surface area contributed by atoms with Gasteiger partial charge in [-0.2, -0.15) is 0 Å². The van der Waals surface area contributed by atoms with Crippen molar-refractivity contribution in [2.45, 2.75) is 39.3 Å². The van der Waals surface area contributed by atoms with Gasteiger partial charge in [-0.3, -0.25) is 4.79 Å². The third-order valence-electron chi connectivity index (χ3n) is 5.74. The topological polar surface area (TPSA) is 38.0 Å². The molecule has 1 heterocycles. The van der Waals surface area contributed by atoms with E-state index in [2.05, 4.69) is 62.5 Å². The van der Waals surface area contributed by atoms with Crippen molar-refractivity contribution in [3.05, 3.63) is 65.7 Å². The molecule has 1 aliphatic heterocycles. The number of amides is 1. The van der Waals surface area contributed by atoms with Crippen LogP contribution in [0.2, 0.25) is 0 Å². The molecule has 0 radical (unpaired) electrons. The summed E-state index contributed by atoms with van der Waals surface area (Å²) in [4.78, 5) is 15.8. The number of carbonyl (C=O) groups excluding carboxylic acids is 1. The first kappa shape index (κ1) is 19.6. The Morgan fingerprint density at radius 2 is 1.56 bits per heavy atom. The van der Waals surface area contributed by atoms with Crippen LogP contribution in [-0.4, -0.2) is 38.1 Å². The third-order valence-corrected chi connectivity index (χ3v) is 5.74. The van der Waals surface area contributed by atoms with Gasteiger partial charge in [0, 0.05) is 11.3 Å². The number of piperazine rings is 1. The number of hydrogen-bond acceptors (Lipinski definition) is 1. The number of nitrogens with one attached hydrogen (secondary N) is 3. The van der Waals surface area contributed by atoms with Gasteiger partial charge in [-0.05, 0) is 24.5 Å². The van der Waals surface area contributed by atoms with Crippen molar-refractivity contribution in [3.8, 4) is 0 Å². The van der Waals surface area contributed by atoms with E-state index in [4.69, 9.17) is 0 Å². The van der Waals surface area contributed by atoms with Crippen LogP contribution in [0.3, 0.4) is 0 Å². The molecular weight excluding hydrogens is 334 g/mol. The SMILES string of the molecule is CC(C)c1ccccc1NC(=O)[C@H](C)[NH+]1CC[NH+](Cc2ccccc2)CC1. The monoisotopic (exact) mass is 367 g/mol. The molecule has 144 valence electrons. The van der Waals surface area contributed by atoms with E-state index in [1.165, 1.54) is 16.0 Å². The summed E-state index contributed by atoms with van der Waals surface area (Å²) in [5, 5.41) is 3.17. The van der Waals surface area contributed by atoms with Gasteiger partial charge in [0.2, 0.25) is 0 Å². The fraction of sp³-hybridized carbons (Fsp3) is 0.435. The summed E-state index contributed by atoms with van der Waals surface area (Å²) < 4.78 is 0. The van der Waals surface area contributed by atoms with Gasteiger partial charge in [-0.1, -0.05) is 62.4 Å². The standard InChI is InChI=1S/C23H31N3O/c1-18(2)21-11-7-8-12-22(21)24-23(27)19(3)26-15-13-25(14-16-26)17-20-9-5-4-6-10-20/h4-12,18-19H,13-17H2,1-3H3,(H,24,27)/p+2/t19-/m0/s1. The quantitative estimate of drug-likeness (QED) is 0.703. The van der Waals surface area contributed by atoms with Crippen molar-refractivity contribution in [2.75, 3.05) is 31.5 Å². The van der Waals surface area contributed by atoms with Crippen molar-refractivity contribution in [2.24, 2.45) is 0 Å². The first-order valence-corrected chi connectivity index (χ1v) is 10.2. The predicted molar refractivity (Wildman–Crippen MR) is 110 cm³/mol. The van der Waals surface area contributed by atoms with Gasteiger partial charge in [-0.15, -0.1) is 0 Å². The van der Waals surface area contributed by atoms with Gasteiger partial charge >= 0.3 is 0 Å². The number of para-hydroxylation sites is 1. The van der Waals surface area contributed by atoms with Crippen LogP contribution in [0.4, 0.5) is 5.69 Å². The van der Waals surface area contributed by atoms with Gasteiger partial charge in [-0.25, -0.2) is 0 Å². The van der Waals surface area contributed by atoms with Crippen LogP contribution >= 0.6 is 0 Å². The second-order valence-corrected chi connectivity index (χ2v) is 8.02. The molecule has 1 amide bonds. The second-order valence-electron chi connectivity index (χ2n) is 8.02. The number of anilines is 1. The first-order valence-electron chi connectivity index (χ1n) is 10.2.